The van der Waals surface area contributed by atoms with Gasteiger partial charge in [-0.3, -0.25) is 0 Å². The molecule has 0 aliphatic heterocycles. The lowest BCUT2D eigenvalue weighted by atomic mass is 10.0. The number of hydrogen-bond donors (Lipinski definition) is 1. The molecule has 0 atom stereocenters. The van der Waals surface area contributed by atoms with E-state index in [9.17, 15) is 5.11 Å². The first kappa shape index (κ1) is 13.9. The third kappa shape index (κ3) is 3.72. The van der Waals surface area contributed by atoms with Crippen molar-refractivity contribution in [1.29, 1.82) is 0 Å². The third-order valence-electron chi connectivity index (χ3n) is 2.93. The van der Waals surface area contributed by atoms with Crippen LogP contribution in [-0.2, 0) is 6.54 Å². The Bertz CT molecular complexity index is 603. The summed E-state index contributed by atoms with van der Waals surface area (Å²) in [5.74, 6) is 0.283. The number of phenolic OH excluding ortho intramolecular Hbond substituents is 1. The molecule has 2 aromatic carbocycles. The van der Waals surface area contributed by atoms with E-state index in [-0.39, 0.29) is 5.75 Å². The van der Waals surface area contributed by atoms with Crippen LogP contribution in [0.2, 0.25) is 0 Å². The van der Waals surface area contributed by atoms with Gasteiger partial charge < -0.3 is 10.0 Å². The summed E-state index contributed by atoms with van der Waals surface area (Å²) in [6, 6.07) is 15.6. The van der Waals surface area contributed by atoms with Crippen LogP contribution in [0.4, 0.5) is 0 Å². The zero-order valence-electron chi connectivity index (χ0n) is 11.5. The van der Waals surface area contributed by atoms with Crippen molar-refractivity contribution in [3.63, 3.8) is 0 Å². The van der Waals surface area contributed by atoms with Crippen molar-refractivity contribution in [2.45, 2.75) is 6.54 Å². The second-order valence-electron chi connectivity index (χ2n) is 4.61. The number of benzene rings is 2. The van der Waals surface area contributed by atoms with E-state index in [1.807, 2.05) is 30.1 Å². The van der Waals surface area contributed by atoms with E-state index in [2.05, 4.69) is 29.8 Å². The van der Waals surface area contributed by atoms with Crippen LogP contribution in [-0.4, -0.2) is 23.4 Å². The van der Waals surface area contributed by atoms with Gasteiger partial charge in [-0.05, 0) is 34.9 Å². The Hall–Kier alpha value is -2.55. The van der Waals surface area contributed by atoms with Gasteiger partial charge in [-0.25, -0.2) is 4.99 Å². The van der Waals surface area contributed by atoms with Crippen LogP contribution in [0.15, 0.2) is 66.3 Å². The van der Waals surface area contributed by atoms with E-state index >= 15 is 0 Å². The number of rotatable bonds is 5. The second-order valence-corrected chi connectivity index (χ2v) is 4.61. The van der Waals surface area contributed by atoms with E-state index in [1.54, 1.807) is 18.5 Å². The first-order chi connectivity index (χ1) is 9.69. The molecule has 1 N–H and O–H groups in total. The summed E-state index contributed by atoms with van der Waals surface area (Å²) in [5.41, 5.74) is 3.43. The fraction of sp³-hybridized carbons (Fsp3) is 0.118. The summed E-state index contributed by atoms with van der Waals surface area (Å²) in [4.78, 5) is 5.99. The SMILES string of the molecule is C=C/N=C\N(C)Cc1cccc(-c2ccc(O)cc2)c1. The lowest BCUT2D eigenvalue weighted by molar-refractivity contribution is 0.475. The third-order valence-corrected chi connectivity index (χ3v) is 2.93. The highest BCUT2D eigenvalue weighted by Crippen LogP contribution is 2.23. The minimum atomic E-state index is 0.283. The quantitative estimate of drug-likeness (QED) is 0.662. The minimum absolute atomic E-state index is 0.283. The predicted octanol–water partition coefficient (Wildman–Crippen LogP) is 3.66. The first-order valence-electron chi connectivity index (χ1n) is 6.42. The highest BCUT2D eigenvalue weighted by molar-refractivity contribution is 5.65. The van der Waals surface area contributed by atoms with Crippen LogP contribution < -0.4 is 0 Å². The first-order valence-corrected chi connectivity index (χ1v) is 6.42. The number of aromatic hydroxyl groups is 1. The van der Waals surface area contributed by atoms with Crippen molar-refractivity contribution in [1.82, 2.24) is 4.90 Å². The standard InChI is InChI=1S/C17H18N2O/c1-3-18-13-19(2)12-14-5-4-6-16(11-14)15-7-9-17(20)10-8-15/h3-11,13,20H,1,12H2,2H3/b18-13-. The summed E-state index contributed by atoms with van der Waals surface area (Å²) >= 11 is 0. The zero-order valence-corrected chi connectivity index (χ0v) is 11.5. The molecule has 102 valence electrons. The topological polar surface area (TPSA) is 35.8 Å². The Morgan fingerprint density at radius 2 is 1.90 bits per heavy atom. The average molecular weight is 266 g/mol. The number of hydrogen-bond acceptors (Lipinski definition) is 2. The smallest absolute Gasteiger partial charge is 0.115 e. The highest BCUT2D eigenvalue weighted by Gasteiger charge is 2.01. The van der Waals surface area contributed by atoms with Gasteiger partial charge in [0.1, 0.15) is 5.75 Å². The lowest BCUT2D eigenvalue weighted by Crippen LogP contribution is -2.15. The maximum atomic E-state index is 9.33. The van der Waals surface area contributed by atoms with Gasteiger partial charge in [0.25, 0.3) is 0 Å². The van der Waals surface area contributed by atoms with Crippen LogP contribution in [0.25, 0.3) is 11.1 Å². The van der Waals surface area contributed by atoms with Crippen LogP contribution in [0, 0.1) is 0 Å². The summed E-state index contributed by atoms with van der Waals surface area (Å²) in [6.07, 6.45) is 3.27. The second kappa shape index (κ2) is 6.57. The molecule has 0 saturated heterocycles. The normalized spacial score (nSPS) is 10.7. The largest absolute Gasteiger partial charge is 0.508 e. The molecule has 3 nitrogen and oxygen atoms in total. The monoisotopic (exact) mass is 266 g/mol. The summed E-state index contributed by atoms with van der Waals surface area (Å²) in [6.45, 7) is 4.34. The van der Waals surface area contributed by atoms with E-state index in [1.165, 1.54) is 11.8 Å². The Morgan fingerprint density at radius 3 is 2.60 bits per heavy atom. The molecule has 3 heteroatoms. The summed E-state index contributed by atoms with van der Waals surface area (Å²) in [7, 11) is 1.97. The summed E-state index contributed by atoms with van der Waals surface area (Å²) in [5, 5.41) is 9.33. The number of aliphatic imine (C=N–C) groups is 1. The van der Waals surface area contributed by atoms with Crippen molar-refractivity contribution in [2.75, 3.05) is 7.05 Å². The van der Waals surface area contributed by atoms with Crippen LogP contribution >= 0.6 is 0 Å². The molecule has 2 rings (SSSR count). The number of nitrogens with zero attached hydrogens (tertiary/aromatic N) is 2. The van der Waals surface area contributed by atoms with E-state index in [0.29, 0.717) is 0 Å². The van der Waals surface area contributed by atoms with Crippen molar-refractivity contribution >= 4 is 6.34 Å². The van der Waals surface area contributed by atoms with Crippen molar-refractivity contribution in [3.8, 4) is 16.9 Å². The van der Waals surface area contributed by atoms with Gasteiger partial charge in [-0.2, -0.15) is 0 Å². The molecule has 0 bridgehead atoms. The molecule has 0 unspecified atom stereocenters. The molecule has 2 aromatic rings. The maximum Gasteiger partial charge on any atom is 0.115 e. The maximum absolute atomic E-state index is 9.33. The van der Waals surface area contributed by atoms with Gasteiger partial charge >= 0.3 is 0 Å². The zero-order chi connectivity index (χ0) is 14.4. The van der Waals surface area contributed by atoms with Gasteiger partial charge in [-0.1, -0.05) is 36.9 Å². The van der Waals surface area contributed by atoms with Crippen LogP contribution in [0.5, 0.6) is 5.75 Å². The fourth-order valence-corrected chi connectivity index (χ4v) is 1.99. The molecule has 0 aliphatic carbocycles. The Kier molecular flexibility index (Phi) is 4.56. The van der Waals surface area contributed by atoms with Crippen LogP contribution in [0.3, 0.4) is 0 Å². The van der Waals surface area contributed by atoms with E-state index < -0.39 is 0 Å². The Balaban J connectivity index is 2.17. The predicted molar refractivity (Wildman–Crippen MR) is 83.7 cm³/mol. The van der Waals surface area contributed by atoms with Crippen molar-refractivity contribution in [3.05, 3.63) is 66.9 Å². The van der Waals surface area contributed by atoms with E-state index in [0.717, 1.165) is 17.7 Å². The Labute approximate surface area is 119 Å². The number of phenols is 1. The van der Waals surface area contributed by atoms with Crippen molar-refractivity contribution < 1.29 is 5.11 Å². The molecule has 0 amide bonds. The average Bonchev–Trinajstić information content (AvgIpc) is 2.46. The molecule has 0 aliphatic rings. The lowest BCUT2D eigenvalue weighted by Gasteiger charge is -2.13. The fourth-order valence-electron chi connectivity index (χ4n) is 1.99. The van der Waals surface area contributed by atoms with E-state index in [4.69, 9.17) is 0 Å². The molecule has 0 aromatic heterocycles. The molecule has 0 spiro atoms. The molecular weight excluding hydrogens is 248 g/mol. The molecular formula is C17H18N2O. The van der Waals surface area contributed by atoms with Gasteiger partial charge in [0.15, 0.2) is 0 Å². The molecule has 0 saturated carbocycles. The van der Waals surface area contributed by atoms with Crippen LogP contribution in [0.1, 0.15) is 5.56 Å². The van der Waals surface area contributed by atoms with Gasteiger partial charge in [0.05, 0.1) is 6.34 Å². The molecule has 0 radical (unpaired) electrons. The van der Waals surface area contributed by atoms with Gasteiger partial charge in [-0.15, -0.1) is 0 Å². The van der Waals surface area contributed by atoms with Gasteiger partial charge in [0.2, 0.25) is 0 Å². The Morgan fingerprint density at radius 1 is 1.15 bits per heavy atom. The van der Waals surface area contributed by atoms with Gasteiger partial charge in [0, 0.05) is 19.8 Å². The van der Waals surface area contributed by atoms with Crippen molar-refractivity contribution in [2.24, 2.45) is 4.99 Å². The molecule has 0 heterocycles. The molecule has 0 fully saturated rings. The summed E-state index contributed by atoms with van der Waals surface area (Å²) < 4.78 is 0. The minimum Gasteiger partial charge on any atom is -0.508 e. The molecule has 20 heavy (non-hydrogen) atoms. The highest BCUT2D eigenvalue weighted by atomic mass is 16.3.